The molecule has 2 unspecified atom stereocenters. The molecule has 1 aliphatic carbocycles. The number of nitrogens with zero attached hydrogens (tertiary/aromatic N) is 3. The van der Waals surface area contributed by atoms with Gasteiger partial charge in [-0.1, -0.05) is 5.16 Å². The first-order valence-corrected chi connectivity index (χ1v) is 12.1. The van der Waals surface area contributed by atoms with Crippen molar-refractivity contribution in [3.8, 4) is 5.75 Å². The normalized spacial score (nSPS) is 26.1. The molecule has 1 heterocycles. The Morgan fingerprint density at radius 3 is 2.85 bits per heavy atom. The molecule has 3 rings (SSSR count). The molecule has 0 amide bonds. The average molecular weight is 489 g/mol. The molecular weight excluding hydrogens is 456 g/mol. The molecule has 10 nitrogen and oxygen atoms in total. The smallest absolute Gasteiger partial charge is 0.174 e. The van der Waals surface area contributed by atoms with Crippen LogP contribution in [0.5, 0.6) is 5.75 Å². The van der Waals surface area contributed by atoms with E-state index < -0.39 is 11.7 Å². The van der Waals surface area contributed by atoms with Gasteiger partial charge in [-0.25, -0.2) is 0 Å². The number of hydrogen-bond acceptors (Lipinski definition) is 10. The third kappa shape index (κ3) is 6.23. The van der Waals surface area contributed by atoms with Crippen molar-refractivity contribution < 1.29 is 19.5 Å². The first-order chi connectivity index (χ1) is 16.3. The molecule has 2 aliphatic rings. The first-order valence-electron chi connectivity index (χ1n) is 11.1. The van der Waals surface area contributed by atoms with E-state index >= 15 is 0 Å². The van der Waals surface area contributed by atoms with E-state index in [4.69, 9.17) is 26.8 Å². The standard InChI is InChI=1S/C23H32N6O4S/c1-14(33-29-18(10-30)19(27-2)11-34-13-25)20-5-3-15-7-16(4-6-21(15)32-20)22(26)28-17-8-23(31,9-17)12-24/h4,6-7,10-11,14,17,20,31H,2-3,5,8-9,12-13,24-25H2,1H3,(H2,26,28)/b19-11-,29-18+. The number of hydrogen-bond donors (Lipinski definition) is 4. The SMILES string of the molecule is C=NC(=C\SCN)/C(C=O)=N/OC(C)C1CCc2cc(C(N)=NC3CC(O)(CN)C3)ccc2O1. The molecule has 1 aliphatic heterocycles. The summed E-state index contributed by atoms with van der Waals surface area (Å²) < 4.78 is 6.12. The third-order valence-electron chi connectivity index (χ3n) is 5.94. The number of amidine groups is 1. The third-order valence-corrected chi connectivity index (χ3v) is 6.52. The number of carbonyl (C=O) groups excluding carboxylic acids is 1. The summed E-state index contributed by atoms with van der Waals surface area (Å²) in [5.41, 5.74) is 18.6. The van der Waals surface area contributed by atoms with E-state index in [0.717, 1.165) is 23.3 Å². The van der Waals surface area contributed by atoms with Crippen LogP contribution in [0.1, 0.15) is 37.3 Å². The van der Waals surface area contributed by atoms with Gasteiger partial charge in [-0.05, 0) is 63.1 Å². The average Bonchev–Trinajstić information content (AvgIpc) is 2.83. The molecule has 1 fully saturated rings. The lowest BCUT2D eigenvalue weighted by Crippen LogP contribution is -2.52. The van der Waals surface area contributed by atoms with E-state index in [9.17, 15) is 9.90 Å². The molecule has 2 atom stereocenters. The summed E-state index contributed by atoms with van der Waals surface area (Å²) in [7, 11) is 0. The number of fused-ring (bicyclic) bond motifs is 1. The zero-order chi connectivity index (χ0) is 24.7. The number of allylic oxidation sites excluding steroid dienone is 1. The zero-order valence-electron chi connectivity index (χ0n) is 19.2. The number of thioether (sulfide) groups is 1. The molecule has 0 spiro atoms. The maximum Gasteiger partial charge on any atom is 0.174 e. The lowest BCUT2D eigenvalue weighted by atomic mass is 9.76. The van der Waals surface area contributed by atoms with E-state index in [1.54, 1.807) is 5.41 Å². The highest BCUT2D eigenvalue weighted by atomic mass is 32.2. The van der Waals surface area contributed by atoms with Crippen LogP contribution in [0.15, 0.2) is 44.4 Å². The fourth-order valence-electron chi connectivity index (χ4n) is 3.89. The van der Waals surface area contributed by atoms with Gasteiger partial charge in [-0.2, -0.15) is 0 Å². The molecule has 0 radical (unpaired) electrons. The molecule has 1 aromatic rings. The van der Waals surface area contributed by atoms with Gasteiger partial charge in [0, 0.05) is 23.4 Å². The highest BCUT2D eigenvalue weighted by Gasteiger charge is 2.41. The Kier molecular flexibility index (Phi) is 8.84. The predicted octanol–water partition coefficient (Wildman–Crippen LogP) is 1.09. The summed E-state index contributed by atoms with van der Waals surface area (Å²) >= 11 is 1.28. The summed E-state index contributed by atoms with van der Waals surface area (Å²) in [5, 5.41) is 15.6. The van der Waals surface area contributed by atoms with Crippen LogP contribution >= 0.6 is 11.8 Å². The van der Waals surface area contributed by atoms with Crippen molar-refractivity contribution in [2.24, 2.45) is 32.3 Å². The van der Waals surface area contributed by atoms with E-state index in [1.165, 1.54) is 11.8 Å². The number of benzene rings is 1. The van der Waals surface area contributed by atoms with E-state index in [-0.39, 0.29) is 24.4 Å². The number of rotatable bonds is 11. The summed E-state index contributed by atoms with van der Waals surface area (Å²) in [4.78, 5) is 25.3. The van der Waals surface area contributed by atoms with Gasteiger partial charge in [-0.15, -0.1) is 11.8 Å². The van der Waals surface area contributed by atoms with Crippen molar-refractivity contribution in [2.75, 3.05) is 12.4 Å². The Morgan fingerprint density at radius 2 is 2.21 bits per heavy atom. The van der Waals surface area contributed by atoms with Crippen LogP contribution in [0.4, 0.5) is 0 Å². The monoisotopic (exact) mass is 488 g/mol. The highest BCUT2D eigenvalue weighted by Crippen LogP contribution is 2.34. The summed E-state index contributed by atoms with van der Waals surface area (Å²) in [6, 6.07) is 5.70. The fourth-order valence-corrected chi connectivity index (χ4v) is 4.34. The van der Waals surface area contributed by atoms with Crippen LogP contribution < -0.4 is 21.9 Å². The van der Waals surface area contributed by atoms with Gasteiger partial charge >= 0.3 is 0 Å². The van der Waals surface area contributed by atoms with Crippen LogP contribution in [-0.4, -0.2) is 65.9 Å². The number of aliphatic hydroxyl groups is 1. The van der Waals surface area contributed by atoms with Crippen LogP contribution in [0, 0.1) is 0 Å². The van der Waals surface area contributed by atoms with Crippen molar-refractivity contribution in [2.45, 2.75) is 56.5 Å². The minimum Gasteiger partial charge on any atom is -0.486 e. The number of carbonyl (C=O) groups is 1. The Morgan fingerprint density at radius 1 is 1.44 bits per heavy atom. The highest BCUT2D eigenvalue weighted by molar-refractivity contribution is 8.02. The Labute approximate surface area is 203 Å². The molecule has 1 aromatic carbocycles. The van der Waals surface area contributed by atoms with E-state index in [2.05, 4.69) is 21.9 Å². The molecule has 0 aromatic heterocycles. The second kappa shape index (κ2) is 11.6. The summed E-state index contributed by atoms with van der Waals surface area (Å²) in [5.74, 6) is 1.53. The Balaban J connectivity index is 1.62. The van der Waals surface area contributed by atoms with Crippen LogP contribution in [0.3, 0.4) is 0 Å². The van der Waals surface area contributed by atoms with Gasteiger partial charge in [0.25, 0.3) is 0 Å². The molecule has 0 saturated heterocycles. The Hall–Kier alpha value is -2.73. The van der Waals surface area contributed by atoms with Gasteiger partial charge in [0.2, 0.25) is 0 Å². The Bertz CT molecular complexity index is 990. The topological polar surface area (TPSA) is 171 Å². The second-order valence-electron chi connectivity index (χ2n) is 8.42. The van der Waals surface area contributed by atoms with Crippen molar-refractivity contribution in [1.82, 2.24) is 0 Å². The van der Waals surface area contributed by atoms with Gasteiger partial charge in [0.15, 0.2) is 18.1 Å². The van der Waals surface area contributed by atoms with E-state index in [1.807, 2.05) is 25.1 Å². The molecule has 34 heavy (non-hydrogen) atoms. The molecule has 7 N–H and O–H groups in total. The number of nitrogens with two attached hydrogens (primary N) is 3. The largest absolute Gasteiger partial charge is 0.486 e. The van der Waals surface area contributed by atoms with Gasteiger partial charge in [-0.3, -0.25) is 14.8 Å². The molecule has 11 heteroatoms. The van der Waals surface area contributed by atoms with Gasteiger partial charge < -0.3 is 31.9 Å². The zero-order valence-corrected chi connectivity index (χ0v) is 20.0. The van der Waals surface area contributed by atoms with Crippen LogP contribution in [0.2, 0.25) is 0 Å². The quantitative estimate of drug-likeness (QED) is 0.118. The lowest BCUT2D eigenvalue weighted by Gasteiger charge is -2.40. The molecule has 0 bridgehead atoms. The maximum atomic E-state index is 11.4. The maximum absolute atomic E-state index is 11.4. The van der Waals surface area contributed by atoms with E-state index in [0.29, 0.717) is 43.0 Å². The van der Waals surface area contributed by atoms with Crippen molar-refractivity contribution in [3.05, 3.63) is 40.4 Å². The van der Waals surface area contributed by atoms with Crippen molar-refractivity contribution in [3.63, 3.8) is 0 Å². The minimum absolute atomic E-state index is 0.0134. The summed E-state index contributed by atoms with van der Waals surface area (Å²) in [6.07, 6.45) is 2.45. The van der Waals surface area contributed by atoms with Crippen molar-refractivity contribution >= 4 is 36.3 Å². The molecular formula is C23H32N6O4S. The predicted molar refractivity (Wildman–Crippen MR) is 135 cm³/mol. The molecule has 1 saturated carbocycles. The number of oxime groups is 1. The lowest BCUT2D eigenvalue weighted by molar-refractivity contribution is -0.103. The minimum atomic E-state index is -0.814. The fraction of sp³-hybridized carbons (Fsp3) is 0.478. The number of aldehydes is 1. The van der Waals surface area contributed by atoms with Gasteiger partial charge in [0.05, 0.1) is 11.6 Å². The summed E-state index contributed by atoms with van der Waals surface area (Å²) in [6.45, 7) is 5.52. The van der Waals surface area contributed by atoms with Crippen LogP contribution in [-0.2, 0) is 16.1 Å². The first kappa shape index (κ1) is 25.9. The number of ether oxygens (including phenoxy) is 1. The number of aliphatic imine (C=N–C) groups is 2. The van der Waals surface area contributed by atoms with Gasteiger partial charge in [0.1, 0.15) is 23.4 Å². The van der Waals surface area contributed by atoms with Crippen LogP contribution in [0.25, 0.3) is 0 Å². The van der Waals surface area contributed by atoms with Crippen molar-refractivity contribution in [1.29, 1.82) is 0 Å². The number of aryl methyl sites for hydroxylation is 1. The molecule has 184 valence electrons. The second-order valence-corrected chi connectivity index (χ2v) is 9.32.